The highest BCUT2D eigenvalue weighted by Crippen LogP contribution is 2.36. The van der Waals surface area contributed by atoms with E-state index in [0.717, 1.165) is 24.3 Å². The number of fused-ring (bicyclic) bond motifs is 1. The average Bonchev–Trinajstić information content (AvgIpc) is 2.98. The van der Waals surface area contributed by atoms with Crippen LogP contribution >= 0.6 is 22.9 Å². The van der Waals surface area contributed by atoms with E-state index in [0.29, 0.717) is 27.7 Å². The Morgan fingerprint density at radius 3 is 2.68 bits per heavy atom. The first-order chi connectivity index (χ1) is 12.1. The topological polar surface area (TPSA) is 36.4 Å². The summed E-state index contributed by atoms with van der Waals surface area (Å²) < 4.78 is 14.1. The summed E-state index contributed by atoms with van der Waals surface area (Å²) in [5.41, 5.74) is 0. The number of pyridine rings is 1. The third kappa shape index (κ3) is 3.07. The van der Waals surface area contributed by atoms with Crippen LogP contribution in [0, 0.1) is 5.82 Å². The second-order valence-corrected chi connectivity index (χ2v) is 7.28. The number of thiophene rings is 1. The largest absolute Gasteiger partial charge is 0.353 e. The number of carbonyl (C=O) groups is 1. The van der Waals surface area contributed by atoms with E-state index in [-0.39, 0.29) is 11.7 Å². The van der Waals surface area contributed by atoms with Gasteiger partial charge in [0.15, 0.2) is 0 Å². The van der Waals surface area contributed by atoms with E-state index in [1.807, 2.05) is 18.2 Å². The molecule has 1 amide bonds. The Kier molecular flexibility index (Phi) is 4.31. The van der Waals surface area contributed by atoms with Gasteiger partial charge in [0.25, 0.3) is 5.91 Å². The van der Waals surface area contributed by atoms with Crippen molar-refractivity contribution in [3.05, 3.63) is 58.3 Å². The van der Waals surface area contributed by atoms with Gasteiger partial charge in [-0.05, 0) is 30.3 Å². The Hall–Kier alpha value is -2.18. The lowest BCUT2D eigenvalue weighted by Gasteiger charge is -2.35. The molecule has 2 aromatic heterocycles. The van der Waals surface area contributed by atoms with Crippen LogP contribution in [0.5, 0.6) is 0 Å². The number of amides is 1. The van der Waals surface area contributed by atoms with Gasteiger partial charge in [0.2, 0.25) is 0 Å². The van der Waals surface area contributed by atoms with Gasteiger partial charge in [0.1, 0.15) is 16.5 Å². The summed E-state index contributed by atoms with van der Waals surface area (Å²) in [6, 6.07) is 10.2. The van der Waals surface area contributed by atoms with Crippen molar-refractivity contribution in [2.24, 2.45) is 0 Å². The summed E-state index contributed by atoms with van der Waals surface area (Å²) >= 11 is 7.62. The molecule has 0 saturated carbocycles. The molecule has 0 N–H and O–H groups in total. The number of rotatable bonds is 2. The van der Waals surface area contributed by atoms with Crippen molar-refractivity contribution in [1.82, 2.24) is 9.88 Å². The Labute approximate surface area is 153 Å². The van der Waals surface area contributed by atoms with Crippen LogP contribution in [0.4, 0.5) is 10.2 Å². The molecule has 1 aliphatic rings. The molecule has 0 unspecified atom stereocenters. The van der Waals surface area contributed by atoms with Crippen LogP contribution in [0.3, 0.4) is 0 Å². The van der Waals surface area contributed by atoms with Crippen molar-refractivity contribution in [1.29, 1.82) is 0 Å². The number of benzene rings is 1. The van der Waals surface area contributed by atoms with Gasteiger partial charge in [-0.1, -0.05) is 17.7 Å². The summed E-state index contributed by atoms with van der Waals surface area (Å²) in [4.78, 5) is 21.6. The molecular weight excluding hydrogens is 361 g/mol. The van der Waals surface area contributed by atoms with E-state index in [4.69, 9.17) is 11.6 Å². The zero-order chi connectivity index (χ0) is 17.4. The van der Waals surface area contributed by atoms with Crippen molar-refractivity contribution >= 4 is 44.7 Å². The van der Waals surface area contributed by atoms with Gasteiger partial charge in [-0.25, -0.2) is 9.37 Å². The maximum absolute atomic E-state index is 13.4. The Bertz CT molecular complexity index is 923. The Balaban J connectivity index is 1.52. The number of nitrogens with zero attached hydrogens (tertiary/aromatic N) is 3. The van der Waals surface area contributed by atoms with Gasteiger partial charge in [0.05, 0.1) is 5.02 Å². The highest BCUT2D eigenvalue weighted by molar-refractivity contribution is 7.21. The third-order valence-corrected chi connectivity index (χ3v) is 5.97. The van der Waals surface area contributed by atoms with Crippen LogP contribution in [-0.4, -0.2) is 42.0 Å². The minimum absolute atomic E-state index is 0.0905. The Morgan fingerprint density at radius 1 is 1.16 bits per heavy atom. The average molecular weight is 376 g/mol. The molecule has 7 heteroatoms. The highest BCUT2D eigenvalue weighted by atomic mass is 35.5. The zero-order valence-corrected chi connectivity index (χ0v) is 14.9. The molecule has 1 fully saturated rings. The highest BCUT2D eigenvalue weighted by Gasteiger charge is 2.26. The van der Waals surface area contributed by atoms with Crippen LogP contribution in [0.2, 0.25) is 5.02 Å². The predicted octanol–water partition coefficient (Wildman–Crippen LogP) is 4.05. The molecule has 3 aromatic rings. The summed E-state index contributed by atoms with van der Waals surface area (Å²) in [6.45, 7) is 2.66. The van der Waals surface area contributed by atoms with E-state index < -0.39 is 0 Å². The first-order valence-corrected chi connectivity index (χ1v) is 9.16. The van der Waals surface area contributed by atoms with E-state index >= 15 is 0 Å². The molecule has 0 aliphatic carbocycles. The monoisotopic (exact) mass is 375 g/mol. The maximum Gasteiger partial charge on any atom is 0.265 e. The molecular formula is C18H15ClFN3OS. The van der Waals surface area contributed by atoms with Gasteiger partial charge in [-0.15, -0.1) is 11.3 Å². The number of aromatic nitrogens is 1. The summed E-state index contributed by atoms with van der Waals surface area (Å²) in [5, 5.41) is 1.14. The number of anilines is 1. The fourth-order valence-corrected chi connectivity index (χ4v) is 4.50. The van der Waals surface area contributed by atoms with Crippen molar-refractivity contribution in [3.8, 4) is 0 Å². The molecule has 1 aromatic carbocycles. The second-order valence-electron chi connectivity index (χ2n) is 5.85. The first-order valence-electron chi connectivity index (χ1n) is 7.96. The molecule has 1 aliphatic heterocycles. The fourth-order valence-electron chi connectivity index (χ4n) is 3.00. The zero-order valence-electron chi connectivity index (χ0n) is 13.3. The van der Waals surface area contributed by atoms with E-state index in [1.54, 1.807) is 17.2 Å². The molecule has 3 heterocycles. The predicted molar refractivity (Wildman–Crippen MR) is 99.1 cm³/mol. The van der Waals surface area contributed by atoms with Crippen molar-refractivity contribution in [2.45, 2.75) is 0 Å². The molecule has 128 valence electrons. The van der Waals surface area contributed by atoms with E-state index in [2.05, 4.69) is 9.88 Å². The molecule has 0 atom stereocenters. The number of carbonyl (C=O) groups excluding carboxylic acids is 1. The fraction of sp³-hybridized carbons (Fsp3) is 0.222. The van der Waals surface area contributed by atoms with Crippen LogP contribution in [0.25, 0.3) is 10.1 Å². The summed E-state index contributed by atoms with van der Waals surface area (Å²) in [6.07, 6.45) is 1.77. The quantitative estimate of drug-likeness (QED) is 0.678. The van der Waals surface area contributed by atoms with Gasteiger partial charge in [-0.2, -0.15) is 0 Å². The maximum atomic E-state index is 13.4. The SMILES string of the molecule is O=C(c1sc2cc(F)ccc2c1Cl)N1CCN(c2ccccn2)CC1. The normalized spacial score (nSPS) is 15.0. The minimum atomic E-state index is -0.326. The van der Waals surface area contributed by atoms with E-state index in [1.165, 1.54) is 23.5 Å². The van der Waals surface area contributed by atoms with Crippen LogP contribution in [0.1, 0.15) is 9.67 Å². The Morgan fingerprint density at radius 2 is 1.96 bits per heavy atom. The number of hydrogen-bond donors (Lipinski definition) is 0. The molecule has 4 nitrogen and oxygen atoms in total. The minimum Gasteiger partial charge on any atom is -0.353 e. The van der Waals surface area contributed by atoms with Crippen molar-refractivity contribution in [2.75, 3.05) is 31.1 Å². The summed E-state index contributed by atoms with van der Waals surface area (Å²) in [5.74, 6) is 0.505. The number of hydrogen-bond acceptors (Lipinski definition) is 4. The van der Waals surface area contributed by atoms with Gasteiger partial charge >= 0.3 is 0 Å². The lowest BCUT2D eigenvalue weighted by Crippen LogP contribution is -2.48. The molecule has 4 rings (SSSR count). The molecule has 1 saturated heterocycles. The number of halogens is 2. The van der Waals surface area contributed by atoms with Crippen molar-refractivity contribution < 1.29 is 9.18 Å². The second kappa shape index (κ2) is 6.61. The van der Waals surface area contributed by atoms with Crippen LogP contribution in [-0.2, 0) is 0 Å². The van der Waals surface area contributed by atoms with Gasteiger partial charge < -0.3 is 9.80 Å². The van der Waals surface area contributed by atoms with Gasteiger partial charge in [-0.3, -0.25) is 4.79 Å². The summed E-state index contributed by atoms with van der Waals surface area (Å²) in [7, 11) is 0. The van der Waals surface area contributed by atoms with Gasteiger partial charge in [0, 0.05) is 42.5 Å². The molecule has 25 heavy (non-hydrogen) atoms. The van der Waals surface area contributed by atoms with Crippen LogP contribution < -0.4 is 4.90 Å². The molecule has 0 radical (unpaired) electrons. The van der Waals surface area contributed by atoms with E-state index in [9.17, 15) is 9.18 Å². The lowest BCUT2D eigenvalue weighted by atomic mass is 10.2. The first kappa shape index (κ1) is 16.3. The number of piperazine rings is 1. The molecule has 0 spiro atoms. The molecule has 0 bridgehead atoms. The smallest absolute Gasteiger partial charge is 0.265 e. The van der Waals surface area contributed by atoms with Crippen LogP contribution in [0.15, 0.2) is 42.6 Å². The lowest BCUT2D eigenvalue weighted by molar-refractivity contribution is 0.0751. The standard InChI is InChI=1S/C18H15ClFN3OS/c19-16-13-5-4-12(20)11-14(13)25-17(16)18(24)23-9-7-22(8-10-23)15-3-1-2-6-21-15/h1-6,11H,7-10H2. The van der Waals surface area contributed by atoms with Crippen molar-refractivity contribution in [3.63, 3.8) is 0 Å². The third-order valence-electron chi connectivity index (χ3n) is 4.33.